The summed E-state index contributed by atoms with van der Waals surface area (Å²) in [6.45, 7) is 0.0523. The molecule has 5 nitrogen and oxygen atoms in total. The van der Waals surface area contributed by atoms with Gasteiger partial charge in [-0.15, -0.1) is 0 Å². The van der Waals surface area contributed by atoms with E-state index in [-0.39, 0.29) is 24.9 Å². The van der Waals surface area contributed by atoms with Crippen LogP contribution >= 0.6 is 0 Å². The molecule has 0 spiro atoms. The molecule has 0 aliphatic rings. The number of hydrogen-bond acceptors (Lipinski definition) is 4. The minimum atomic E-state index is -0.355. The highest BCUT2D eigenvalue weighted by Crippen LogP contribution is 2.18. The van der Waals surface area contributed by atoms with Crippen LogP contribution in [0.3, 0.4) is 0 Å². The third-order valence-corrected chi connectivity index (χ3v) is 3.27. The molecular formula is C18H15FN2O3. The van der Waals surface area contributed by atoms with Crippen molar-refractivity contribution in [1.29, 1.82) is 0 Å². The Balaban J connectivity index is 1.48. The molecule has 0 atom stereocenters. The number of carbonyl (C=O) groups excluding carboxylic acids is 1. The molecule has 122 valence electrons. The van der Waals surface area contributed by atoms with Crippen LogP contribution in [0.5, 0.6) is 5.75 Å². The molecule has 0 fully saturated rings. The fourth-order valence-electron chi connectivity index (χ4n) is 2.06. The number of ether oxygens (including phenoxy) is 1. The Morgan fingerprint density at radius 2 is 1.88 bits per heavy atom. The predicted molar refractivity (Wildman–Crippen MR) is 85.7 cm³/mol. The quantitative estimate of drug-likeness (QED) is 0.756. The van der Waals surface area contributed by atoms with Gasteiger partial charge in [0.15, 0.2) is 12.4 Å². The first kappa shape index (κ1) is 15.7. The molecule has 0 radical (unpaired) electrons. The van der Waals surface area contributed by atoms with Crippen LogP contribution in [0.2, 0.25) is 0 Å². The molecule has 24 heavy (non-hydrogen) atoms. The van der Waals surface area contributed by atoms with E-state index in [9.17, 15) is 9.18 Å². The summed E-state index contributed by atoms with van der Waals surface area (Å²) in [7, 11) is 0. The minimum Gasteiger partial charge on any atom is -0.484 e. The summed E-state index contributed by atoms with van der Waals surface area (Å²) in [5.41, 5.74) is 1.65. The molecule has 3 aromatic rings. The maximum atomic E-state index is 12.8. The van der Waals surface area contributed by atoms with Crippen LogP contribution in [0.15, 0.2) is 65.2 Å². The first-order chi connectivity index (χ1) is 11.7. The maximum Gasteiger partial charge on any atom is 0.258 e. The number of hydrogen-bond donors (Lipinski definition) is 1. The molecule has 0 aliphatic heterocycles. The summed E-state index contributed by atoms with van der Waals surface area (Å²) in [5, 5.41) is 6.65. The van der Waals surface area contributed by atoms with Crippen LogP contribution in [0.1, 0.15) is 5.76 Å². The number of halogens is 1. The van der Waals surface area contributed by atoms with Crippen molar-refractivity contribution in [3.05, 3.63) is 72.2 Å². The van der Waals surface area contributed by atoms with Crippen molar-refractivity contribution < 1.29 is 18.4 Å². The Kier molecular flexibility index (Phi) is 4.86. The Morgan fingerprint density at radius 3 is 2.62 bits per heavy atom. The maximum absolute atomic E-state index is 12.8. The second-order valence-corrected chi connectivity index (χ2v) is 5.06. The third-order valence-electron chi connectivity index (χ3n) is 3.27. The van der Waals surface area contributed by atoms with Gasteiger partial charge < -0.3 is 14.6 Å². The van der Waals surface area contributed by atoms with Crippen LogP contribution in [0.25, 0.3) is 11.3 Å². The van der Waals surface area contributed by atoms with Gasteiger partial charge in [-0.3, -0.25) is 4.79 Å². The van der Waals surface area contributed by atoms with E-state index in [0.717, 1.165) is 5.56 Å². The predicted octanol–water partition coefficient (Wildman–Crippen LogP) is 3.18. The average Bonchev–Trinajstić information content (AvgIpc) is 3.09. The molecule has 2 aromatic carbocycles. The second kappa shape index (κ2) is 7.41. The fourth-order valence-corrected chi connectivity index (χ4v) is 2.06. The van der Waals surface area contributed by atoms with Crippen LogP contribution < -0.4 is 10.1 Å². The Hall–Kier alpha value is -3.15. The van der Waals surface area contributed by atoms with Gasteiger partial charge in [0.05, 0.1) is 6.54 Å². The molecule has 1 heterocycles. The number of amides is 1. The van der Waals surface area contributed by atoms with Crippen LogP contribution in [0, 0.1) is 5.82 Å². The number of rotatable bonds is 6. The number of carbonyl (C=O) groups is 1. The molecule has 3 rings (SSSR count). The standard InChI is InChI=1S/C18H15FN2O3/c19-14-6-8-15(9-7-14)23-12-18(22)20-11-16-10-17(21-24-16)13-4-2-1-3-5-13/h1-10H,11-12H2,(H,20,22). The van der Waals surface area contributed by atoms with E-state index in [1.807, 2.05) is 30.3 Å². The average molecular weight is 326 g/mol. The van der Waals surface area contributed by atoms with Gasteiger partial charge in [0, 0.05) is 11.6 Å². The number of aromatic nitrogens is 1. The zero-order valence-corrected chi connectivity index (χ0v) is 12.7. The third kappa shape index (κ3) is 4.19. The van der Waals surface area contributed by atoms with Crippen molar-refractivity contribution in [3.63, 3.8) is 0 Å². The van der Waals surface area contributed by atoms with Crippen LogP contribution in [-0.2, 0) is 11.3 Å². The van der Waals surface area contributed by atoms with Gasteiger partial charge in [0.2, 0.25) is 0 Å². The summed E-state index contributed by atoms with van der Waals surface area (Å²) in [6, 6.07) is 16.8. The zero-order valence-electron chi connectivity index (χ0n) is 12.7. The molecule has 0 aliphatic carbocycles. The molecule has 1 aromatic heterocycles. The van der Waals surface area contributed by atoms with Crippen LogP contribution in [-0.4, -0.2) is 17.7 Å². The first-order valence-electron chi connectivity index (χ1n) is 7.37. The summed E-state index contributed by atoms with van der Waals surface area (Å²) >= 11 is 0. The highest BCUT2D eigenvalue weighted by molar-refractivity contribution is 5.77. The smallest absolute Gasteiger partial charge is 0.258 e. The van der Waals surface area contributed by atoms with Crippen molar-refractivity contribution >= 4 is 5.91 Å². The lowest BCUT2D eigenvalue weighted by Crippen LogP contribution is -2.28. The number of nitrogens with zero attached hydrogens (tertiary/aromatic N) is 1. The van der Waals surface area contributed by atoms with E-state index in [1.54, 1.807) is 6.07 Å². The molecule has 0 bridgehead atoms. The van der Waals surface area contributed by atoms with E-state index < -0.39 is 0 Å². The Morgan fingerprint density at radius 1 is 1.12 bits per heavy atom. The SMILES string of the molecule is O=C(COc1ccc(F)cc1)NCc1cc(-c2ccccc2)no1. The van der Waals surface area contributed by atoms with Gasteiger partial charge in [-0.05, 0) is 24.3 Å². The second-order valence-electron chi connectivity index (χ2n) is 5.06. The van der Waals surface area contributed by atoms with Crippen molar-refractivity contribution in [2.24, 2.45) is 0 Å². The van der Waals surface area contributed by atoms with Crippen molar-refractivity contribution in [1.82, 2.24) is 10.5 Å². The normalized spacial score (nSPS) is 10.4. The van der Waals surface area contributed by atoms with Gasteiger partial charge >= 0.3 is 0 Å². The lowest BCUT2D eigenvalue weighted by molar-refractivity contribution is -0.123. The van der Waals surface area contributed by atoms with Crippen LogP contribution in [0.4, 0.5) is 4.39 Å². The Labute approximate surface area is 138 Å². The molecule has 1 amide bonds. The van der Waals surface area contributed by atoms with Crippen molar-refractivity contribution in [2.45, 2.75) is 6.54 Å². The zero-order chi connectivity index (χ0) is 16.8. The van der Waals surface area contributed by atoms with E-state index in [4.69, 9.17) is 9.26 Å². The van der Waals surface area contributed by atoms with Crippen molar-refractivity contribution in [2.75, 3.05) is 6.61 Å². The van der Waals surface area contributed by atoms with Gasteiger partial charge in [0.25, 0.3) is 5.91 Å². The lowest BCUT2D eigenvalue weighted by atomic mass is 10.1. The molecule has 6 heteroatoms. The van der Waals surface area contributed by atoms with Gasteiger partial charge in [-0.1, -0.05) is 35.5 Å². The fraction of sp³-hybridized carbons (Fsp3) is 0.111. The molecule has 0 saturated heterocycles. The summed E-state index contributed by atoms with van der Waals surface area (Å²) in [5.74, 6) is 0.310. The topological polar surface area (TPSA) is 64.4 Å². The summed E-state index contributed by atoms with van der Waals surface area (Å²) in [6.07, 6.45) is 0. The van der Waals surface area contributed by atoms with E-state index in [1.165, 1.54) is 24.3 Å². The van der Waals surface area contributed by atoms with E-state index >= 15 is 0 Å². The van der Waals surface area contributed by atoms with E-state index in [2.05, 4.69) is 10.5 Å². The van der Waals surface area contributed by atoms with Crippen molar-refractivity contribution in [3.8, 4) is 17.0 Å². The molecule has 0 unspecified atom stereocenters. The highest BCUT2D eigenvalue weighted by Gasteiger charge is 2.08. The molecule has 1 N–H and O–H groups in total. The first-order valence-corrected chi connectivity index (χ1v) is 7.37. The minimum absolute atomic E-state index is 0.161. The largest absolute Gasteiger partial charge is 0.484 e. The molecular weight excluding hydrogens is 311 g/mol. The Bertz CT molecular complexity index is 801. The highest BCUT2D eigenvalue weighted by atomic mass is 19.1. The monoisotopic (exact) mass is 326 g/mol. The molecule has 0 saturated carbocycles. The summed E-state index contributed by atoms with van der Waals surface area (Å²) < 4.78 is 23.2. The lowest BCUT2D eigenvalue weighted by Gasteiger charge is -2.06. The van der Waals surface area contributed by atoms with Gasteiger partial charge in [0.1, 0.15) is 17.3 Å². The van der Waals surface area contributed by atoms with E-state index in [0.29, 0.717) is 17.2 Å². The van der Waals surface area contributed by atoms with Gasteiger partial charge in [-0.2, -0.15) is 0 Å². The van der Waals surface area contributed by atoms with Gasteiger partial charge in [-0.25, -0.2) is 4.39 Å². The number of benzene rings is 2. The number of nitrogens with one attached hydrogen (secondary N) is 1. The summed E-state index contributed by atoms with van der Waals surface area (Å²) in [4.78, 5) is 11.8.